The van der Waals surface area contributed by atoms with E-state index < -0.39 is 6.04 Å². The molecule has 4 N–H and O–H groups in total. The summed E-state index contributed by atoms with van der Waals surface area (Å²) in [6.45, 7) is 5.45. The van der Waals surface area contributed by atoms with Crippen LogP contribution in [0.4, 0.5) is 5.69 Å². The maximum atomic E-state index is 11.7. The van der Waals surface area contributed by atoms with Gasteiger partial charge in [0, 0.05) is 5.69 Å². The van der Waals surface area contributed by atoms with Crippen molar-refractivity contribution in [3.8, 4) is 0 Å². The van der Waals surface area contributed by atoms with Crippen LogP contribution in [0.2, 0.25) is 0 Å². The number of nitrogens with two attached hydrogens (primary N) is 1. The van der Waals surface area contributed by atoms with E-state index >= 15 is 0 Å². The maximum absolute atomic E-state index is 11.7. The number of aromatic amines is 1. The predicted molar refractivity (Wildman–Crippen MR) is 72.2 cm³/mol. The third-order valence-corrected chi connectivity index (χ3v) is 2.63. The van der Waals surface area contributed by atoms with Crippen LogP contribution in [0.1, 0.15) is 12.2 Å². The first-order chi connectivity index (χ1) is 8.60. The van der Waals surface area contributed by atoms with Gasteiger partial charge in [-0.05, 0) is 31.5 Å². The number of aromatic nitrogens is 2. The van der Waals surface area contributed by atoms with Crippen LogP contribution < -0.4 is 11.1 Å². The van der Waals surface area contributed by atoms with Crippen LogP contribution in [0.25, 0.3) is 11.0 Å². The van der Waals surface area contributed by atoms with E-state index in [0.717, 1.165) is 16.9 Å². The summed E-state index contributed by atoms with van der Waals surface area (Å²) in [4.78, 5) is 19.1. The number of amides is 1. The number of nitrogens with zero attached hydrogens (tertiary/aromatic N) is 1. The highest BCUT2D eigenvalue weighted by atomic mass is 16.2. The Balaban J connectivity index is 2.16. The van der Waals surface area contributed by atoms with Gasteiger partial charge in [-0.2, -0.15) is 0 Å². The third-order valence-electron chi connectivity index (χ3n) is 2.63. The molecule has 18 heavy (non-hydrogen) atoms. The molecule has 0 saturated carbocycles. The number of fused-ring (bicyclic) bond motifs is 1. The summed E-state index contributed by atoms with van der Waals surface area (Å²) >= 11 is 0. The second-order valence-electron chi connectivity index (χ2n) is 4.17. The minimum Gasteiger partial charge on any atom is -0.342 e. The van der Waals surface area contributed by atoms with Crippen molar-refractivity contribution in [3.63, 3.8) is 0 Å². The average Bonchev–Trinajstić information content (AvgIpc) is 2.68. The lowest BCUT2D eigenvalue weighted by atomic mass is 10.2. The number of hydrogen-bond donors (Lipinski definition) is 3. The fraction of sp³-hybridized carbons (Fsp3) is 0.231. The van der Waals surface area contributed by atoms with Crippen molar-refractivity contribution < 1.29 is 4.79 Å². The molecule has 0 fully saturated rings. The zero-order valence-corrected chi connectivity index (χ0v) is 10.2. The molecule has 1 heterocycles. The van der Waals surface area contributed by atoms with Crippen molar-refractivity contribution in [2.24, 2.45) is 5.73 Å². The summed E-state index contributed by atoms with van der Waals surface area (Å²) in [5.41, 5.74) is 8.16. The second kappa shape index (κ2) is 5.01. The molecule has 0 aliphatic carbocycles. The molecule has 1 unspecified atom stereocenters. The number of imidazole rings is 1. The topological polar surface area (TPSA) is 83.8 Å². The lowest BCUT2D eigenvalue weighted by Crippen LogP contribution is -2.35. The minimum atomic E-state index is -0.568. The van der Waals surface area contributed by atoms with E-state index in [0.29, 0.717) is 12.1 Å². The van der Waals surface area contributed by atoms with Gasteiger partial charge in [-0.25, -0.2) is 4.98 Å². The van der Waals surface area contributed by atoms with Crippen molar-refractivity contribution in [1.82, 2.24) is 9.97 Å². The first kappa shape index (κ1) is 12.3. The predicted octanol–water partition coefficient (Wildman–Crippen LogP) is 1.71. The smallest absolute Gasteiger partial charge is 0.241 e. The highest BCUT2D eigenvalue weighted by Crippen LogP contribution is 2.17. The number of carbonyl (C=O) groups is 1. The summed E-state index contributed by atoms with van der Waals surface area (Å²) in [5, 5.41) is 2.77. The van der Waals surface area contributed by atoms with Crippen LogP contribution in [-0.2, 0) is 4.79 Å². The Hall–Kier alpha value is -2.14. The molecule has 0 aliphatic rings. The summed E-state index contributed by atoms with van der Waals surface area (Å²) in [6, 6.07) is 4.93. The number of carbonyl (C=O) groups excluding carboxylic acids is 1. The first-order valence-electron chi connectivity index (χ1n) is 5.74. The number of H-pyrrole nitrogens is 1. The van der Waals surface area contributed by atoms with Gasteiger partial charge in [0.15, 0.2) is 0 Å². The molecule has 94 valence electrons. The molecule has 0 saturated heterocycles. The molecule has 0 radical (unpaired) electrons. The quantitative estimate of drug-likeness (QED) is 0.716. The van der Waals surface area contributed by atoms with Crippen molar-refractivity contribution in [2.45, 2.75) is 19.4 Å². The van der Waals surface area contributed by atoms with Gasteiger partial charge in [0.2, 0.25) is 5.91 Å². The molecule has 0 bridgehead atoms. The number of anilines is 1. The number of benzene rings is 1. The summed E-state index contributed by atoms with van der Waals surface area (Å²) in [6.07, 6.45) is 2.09. The number of rotatable bonds is 4. The lowest BCUT2D eigenvalue weighted by Gasteiger charge is -2.10. The van der Waals surface area contributed by atoms with Crippen LogP contribution in [-0.4, -0.2) is 21.9 Å². The van der Waals surface area contributed by atoms with Gasteiger partial charge < -0.3 is 16.0 Å². The molecule has 1 aromatic carbocycles. The highest BCUT2D eigenvalue weighted by molar-refractivity contribution is 5.96. The molecule has 1 aromatic heterocycles. The molecule has 5 heteroatoms. The molecule has 2 aromatic rings. The van der Waals surface area contributed by atoms with Gasteiger partial charge in [-0.15, -0.1) is 6.58 Å². The Labute approximate surface area is 105 Å². The van der Waals surface area contributed by atoms with Crippen LogP contribution in [0.15, 0.2) is 30.9 Å². The minimum absolute atomic E-state index is 0.217. The fourth-order valence-corrected chi connectivity index (χ4v) is 1.74. The Morgan fingerprint density at radius 1 is 1.67 bits per heavy atom. The zero-order chi connectivity index (χ0) is 13.1. The normalized spacial score (nSPS) is 12.3. The molecular formula is C13H16N4O. The molecule has 0 aliphatic heterocycles. The van der Waals surface area contributed by atoms with Crippen LogP contribution in [0.3, 0.4) is 0 Å². The summed E-state index contributed by atoms with van der Waals surface area (Å²) in [5.74, 6) is 0.627. The van der Waals surface area contributed by atoms with Gasteiger partial charge in [-0.1, -0.05) is 6.08 Å². The standard InChI is InChI=1S/C13H16N4O/c1-3-4-10(14)13(18)17-9-5-6-11-12(7-9)16-8(2)15-11/h3,5-7,10H,1,4,14H2,2H3,(H,15,16)(H,17,18). The number of hydrogen-bond acceptors (Lipinski definition) is 3. The number of nitrogens with one attached hydrogen (secondary N) is 2. The second-order valence-corrected chi connectivity index (χ2v) is 4.17. The summed E-state index contributed by atoms with van der Waals surface area (Å²) < 4.78 is 0. The van der Waals surface area contributed by atoms with E-state index in [1.54, 1.807) is 12.1 Å². The molecule has 1 atom stereocenters. The monoisotopic (exact) mass is 244 g/mol. The van der Waals surface area contributed by atoms with Crippen molar-refractivity contribution in [2.75, 3.05) is 5.32 Å². The third kappa shape index (κ3) is 2.57. The van der Waals surface area contributed by atoms with Crippen molar-refractivity contribution in [3.05, 3.63) is 36.7 Å². The van der Waals surface area contributed by atoms with Crippen LogP contribution in [0, 0.1) is 6.92 Å². The van der Waals surface area contributed by atoms with E-state index in [-0.39, 0.29) is 5.91 Å². The van der Waals surface area contributed by atoms with Crippen LogP contribution >= 0.6 is 0 Å². The van der Waals surface area contributed by atoms with E-state index in [9.17, 15) is 4.79 Å². The van der Waals surface area contributed by atoms with Gasteiger partial charge >= 0.3 is 0 Å². The first-order valence-corrected chi connectivity index (χ1v) is 5.74. The largest absolute Gasteiger partial charge is 0.342 e. The molecular weight excluding hydrogens is 228 g/mol. The Morgan fingerprint density at radius 3 is 3.17 bits per heavy atom. The average molecular weight is 244 g/mol. The van der Waals surface area contributed by atoms with Crippen molar-refractivity contribution in [1.29, 1.82) is 0 Å². The van der Waals surface area contributed by atoms with Gasteiger partial charge in [0.1, 0.15) is 5.82 Å². The Morgan fingerprint density at radius 2 is 2.44 bits per heavy atom. The zero-order valence-electron chi connectivity index (χ0n) is 10.2. The fourth-order valence-electron chi connectivity index (χ4n) is 1.74. The maximum Gasteiger partial charge on any atom is 0.241 e. The van der Waals surface area contributed by atoms with Gasteiger partial charge in [0.25, 0.3) is 0 Å². The van der Waals surface area contributed by atoms with Crippen molar-refractivity contribution >= 4 is 22.6 Å². The van der Waals surface area contributed by atoms with E-state index in [1.165, 1.54) is 0 Å². The number of aryl methyl sites for hydroxylation is 1. The van der Waals surface area contributed by atoms with Gasteiger partial charge in [-0.3, -0.25) is 4.79 Å². The van der Waals surface area contributed by atoms with E-state index in [4.69, 9.17) is 5.73 Å². The van der Waals surface area contributed by atoms with Gasteiger partial charge in [0.05, 0.1) is 17.1 Å². The Bertz CT molecular complexity index is 588. The van der Waals surface area contributed by atoms with Crippen LogP contribution in [0.5, 0.6) is 0 Å². The molecule has 5 nitrogen and oxygen atoms in total. The lowest BCUT2D eigenvalue weighted by molar-refractivity contribution is -0.117. The Kier molecular flexibility index (Phi) is 3.43. The highest BCUT2D eigenvalue weighted by Gasteiger charge is 2.12. The van der Waals surface area contributed by atoms with E-state index in [2.05, 4.69) is 21.9 Å². The molecule has 1 amide bonds. The molecule has 2 rings (SSSR count). The SMILES string of the molecule is C=CCC(N)C(=O)Nc1ccc2nc(C)[nH]c2c1. The van der Waals surface area contributed by atoms with E-state index in [1.807, 2.05) is 19.1 Å². The summed E-state index contributed by atoms with van der Waals surface area (Å²) in [7, 11) is 0. The molecule has 0 spiro atoms.